The first-order valence-electron chi connectivity index (χ1n) is 5.76. The average molecular weight is 234 g/mol. The Morgan fingerprint density at radius 1 is 1.19 bits per heavy atom. The second-order valence-electron chi connectivity index (χ2n) is 4.49. The van der Waals surface area contributed by atoms with Crippen molar-refractivity contribution < 1.29 is 9.16 Å². The van der Waals surface area contributed by atoms with Gasteiger partial charge in [0.1, 0.15) is 0 Å². The molecular formula is C13H18O2Si. The maximum absolute atomic E-state index is 6.04. The van der Waals surface area contributed by atoms with Crippen LogP contribution in [0.25, 0.3) is 0 Å². The molecular weight excluding hydrogens is 216 g/mol. The van der Waals surface area contributed by atoms with Crippen LogP contribution in [0.4, 0.5) is 0 Å². The molecule has 0 atom stereocenters. The zero-order valence-electron chi connectivity index (χ0n) is 9.90. The molecule has 0 N–H and O–H groups in total. The number of allylic oxidation sites excluding steroid dienone is 1. The first-order valence-corrected chi connectivity index (χ1v) is 8.67. The number of hydrogen-bond acceptors (Lipinski definition) is 2. The van der Waals surface area contributed by atoms with E-state index in [0.29, 0.717) is 0 Å². The first kappa shape index (κ1) is 11.3. The van der Waals surface area contributed by atoms with E-state index in [4.69, 9.17) is 9.16 Å². The molecule has 0 bridgehead atoms. The fourth-order valence-corrected chi connectivity index (χ4v) is 3.51. The third-order valence-corrected chi connectivity index (χ3v) is 5.16. The molecule has 0 amide bonds. The molecule has 2 nitrogen and oxygen atoms in total. The number of ether oxygens (including phenoxy) is 1. The van der Waals surface area contributed by atoms with E-state index in [-0.39, 0.29) is 0 Å². The van der Waals surface area contributed by atoms with Crippen LogP contribution in [0.2, 0.25) is 13.1 Å². The third-order valence-electron chi connectivity index (χ3n) is 2.73. The molecule has 0 radical (unpaired) electrons. The van der Waals surface area contributed by atoms with Crippen molar-refractivity contribution in [3.8, 4) is 0 Å². The van der Waals surface area contributed by atoms with Crippen LogP contribution >= 0.6 is 0 Å². The Bertz CT molecular complexity index is 371. The van der Waals surface area contributed by atoms with Crippen LogP contribution in [0.1, 0.15) is 12.8 Å². The minimum atomic E-state index is -1.86. The van der Waals surface area contributed by atoms with Crippen LogP contribution < -0.4 is 5.19 Å². The van der Waals surface area contributed by atoms with E-state index < -0.39 is 8.32 Å². The molecule has 0 fully saturated rings. The molecule has 0 saturated heterocycles. The molecule has 1 aliphatic heterocycles. The van der Waals surface area contributed by atoms with E-state index in [2.05, 4.69) is 43.4 Å². The lowest BCUT2D eigenvalue weighted by Crippen LogP contribution is -2.44. The van der Waals surface area contributed by atoms with Gasteiger partial charge < -0.3 is 9.16 Å². The van der Waals surface area contributed by atoms with Gasteiger partial charge in [0.05, 0.1) is 6.61 Å². The summed E-state index contributed by atoms with van der Waals surface area (Å²) in [4.78, 5) is 0. The van der Waals surface area contributed by atoms with Crippen LogP contribution in [-0.4, -0.2) is 14.9 Å². The molecule has 1 aliphatic rings. The predicted molar refractivity (Wildman–Crippen MR) is 67.9 cm³/mol. The molecule has 1 aromatic rings. The van der Waals surface area contributed by atoms with E-state index in [9.17, 15) is 0 Å². The van der Waals surface area contributed by atoms with Crippen molar-refractivity contribution in [2.45, 2.75) is 25.9 Å². The Morgan fingerprint density at radius 2 is 1.94 bits per heavy atom. The monoisotopic (exact) mass is 234 g/mol. The largest absolute Gasteiger partial charge is 0.515 e. The van der Waals surface area contributed by atoms with E-state index in [1.165, 1.54) is 5.19 Å². The Morgan fingerprint density at radius 3 is 2.56 bits per heavy atom. The molecule has 0 aromatic heterocycles. The van der Waals surface area contributed by atoms with Gasteiger partial charge in [-0.05, 0) is 37.2 Å². The summed E-state index contributed by atoms with van der Waals surface area (Å²) in [5, 5.41) is 1.30. The first-order chi connectivity index (χ1) is 7.68. The Labute approximate surface area is 98.0 Å². The zero-order valence-corrected chi connectivity index (χ0v) is 10.9. The predicted octanol–water partition coefficient (Wildman–Crippen LogP) is 2.77. The van der Waals surface area contributed by atoms with Crippen LogP contribution in [0, 0.1) is 0 Å². The number of hydrogen-bond donors (Lipinski definition) is 0. The van der Waals surface area contributed by atoms with E-state index in [1.54, 1.807) is 0 Å². The summed E-state index contributed by atoms with van der Waals surface area (Å²) in [6, 6.07) is 10.4. The lowest BCUT2D eigenvalue weighted by molar-refractivity contribution is 0.0895. The van der Waals surface area contributed by atoms with Crippen molar-refractivity contribution in [2.24, 2.45) is 0 Å². The third kappa shape index (κ3) is 2.67. The fourth-order valence-electron chi connectivity index (χ4n) is 1.76. The summed E-state index contributed by atoms with van der Waals surface area (Å²) in [5.41, 5.74) is 0. The molecule has 0 saturated carbocycles. The fraction of sp³-hybridized carbons (Fsp3) is 0.385. The van der Waals surface area contributed by atoms with Crippen molar-refractivity contribution in [1.82, 2.24) is 0 Å². The van der Waals surface area contributed by atoms with Crippen molar-refractivity contribution in [2.75, 3.05) is 6.61 Å². The summed E-state index contributed by atoms with van der Waals surface area (Å²) < 4.78 is 11.6. The van der Waals surface area contributed by atoms with Gasteiger partial charge in [0.25, 0.3) is 14.3 Å². The lowest BCUT2D eigenvalue weighted by atomic mass is 10.3. The highest BCUT2D eigenvalue weighted by Crippen LogP contribution is 2.17. The Hall–Kier alpha value is -1.22. The molecule has 3 heteroatoms. The van der Waals surface area contributed by atoms with Gasteiger partial charge in [0.15, 0.2) is 0 Å². The van der Waals surface area contributed by atoms with Gasteiger partial charge in [0, 0.05) is 0 Å². The number of rotatable bonds is 3. The SMILES string of the molecule is C[Si](C)(OC1=CCCCO1)c1ccccc1. The molecule has 1 aromatic carbocycles. The smallest absolute Gasteiger partial charge is 0.280 e. The second-order valence-corrected chi connectivity index (χ2v) is 8.29. The molecule has 2 rings (SSSR count). The van der Waals surface area contributed by atoms with Crippen molar-refractivity contribution in [1.29, 1.82) is 0 Å². The van der Waals surface area contributed by atoms with Gasteiger partial charge in [-0.3, -0.25) is 0 Å². The van der Waals surface area contributed by atoms with E-state index in [0.717, 1.165) is 25.4 Å². The van der Waals surface area contributed by atoms with Gasteiger partial charge >= 0.3 is 0 Å². The maximum Gasteiger partial charge on any atom is 0.280 e. The van der Waals surface area contributed by atoms with Gasteiger partial charge in [-0.1, -0.05) is 30.3 Å². The average Bonchev–Trinajstić information content (AvgIpc) is 2.31. The molecule has 0 unspecified atom stereocenters. The van der Waals surface area contributed by atoms with Crippen LogP contribution in [0.15, 0.2) is 42.4 Å². The minimum absolute atomic E-state index is 0.728. The van der Waals surface area contributed by atoms with E-state index >= 15 is 0 Å². The Balaban J connectivity index is 2.10. The maximum atomic E-state index is 6.04. The highest BCUT2D eigenvalue weighted by atomic mass is 28.4. The molecule has 1 heterocycles. The highest BCUT2D eigenvalue weighted by Gasteiger charge is 2.28. The van der Waals surface area contributed by atoms with Gasteiger partial charge in [-0.25, -0.2) is 0 Å². The van der Waals surface area contributed by atoms with Crippen LogP contribution in [0.3, 0.4) is 0 Å². The summed E-state index contributed by atoms with van der Waals surface area (Å²) >= 11 is 0. The Kier molecular flexibility index (Phi) is 3.34. The lowest BCUT2D eigenvalue weighted by Gasteiger charge is -2.27. The number of benzene rings is 1. The molecule has 16 heavy (non-hydrogen) atoms. The molecule has 0 aliphatic carbocycles. The van der Waals surface area contributed by atoms with Crippen LogP contribution in [0.5, 0.6) is 0 Å². The zero-order chi connectivity index (χ0) is 11.4. The highest BCUT2D eigenvalue weighted by molar-refractivity contribution is 6.84. The van der Waals surface area contributed by atoms with E-state index in [1.807, 2.05) is 6.07 Å². The van der Waals surface area contributed by atoms with Crippen LogP contribution in [-0.2, 0) is 9.16 Å². The minimum Gasteiger partial charge on any atom is -0.515 e. The summed E-state index contributed by atoms with van der Waals surface area (Å²) in [6.45, 7) is 5.17. The standard InChI is InChI=1S/C13H18O2Si/c1-16(2,12-8-4-3-5-9-12)15-13-10-6-7-11-14-13/h3-5,8-10H,6-7,11H2,1-2H3. The van der Waals surface area contributed by atoms with Gasteiger partial charge in [0.2, 0.25) is 0 Å². The van der Waals surface area contributed by atoms with Gasteiger partial charge in [-0.15, -0.1) is 0 Å². The topological polar surface area (TPSA) is 18.5 Å². The van der Waals surface area contributed by atoms with Crippen molar-refractivity contribution in [3.05, 3.63) is 42.4 Å². The summed E-state index contributed by atoms with van der Waals surface area (Å²) in [5.74, 6) is 0.728. The van der Waals surface area contributed by atoms with Crippen molar-refractivity contribution >= 4 is 13.5 Å². The van der Waals surface area contributed by atoms with Gasteiger partial charge in [-0.2, -0.15) is 0 Å². The molecule has 86 valence electrons. The summed E-state index contributed by atoms with van der Waals surface area (Å²) in [7, 11) is -1.86. The van der Waals surface area contributed by atoms with Crippen molar-refractivity contribution in [3.63, 3.8) is 0 Å². The normalized spacial score (nSPS) is 16.2. The summed E-state index contributed by atoms with van der Waals surface area (Å²) in [6.07, 6.45) is 4.22. The molecule has 0 spiro atoms. The second kappa shape index (κ2) is 4.74. The quantitative estimate of drug-likeness (QED) is 0.749.